The van der Waals surface area contributed by atoms with E-state index in [-0.39, 0.29) is 10.1 Å². The van der Waals surface area contributed by atoms with Gasteiger partial charge in [-0.25, -0.2) is 0 Å². The largest absolute Gasteiger partial charge is 0.413 e. The summed E-state index contributed by atoms with van der Waals surface area (Å²) in [6, 6.07) is 21.9. The molecule has 0 bridgehead atoms. The Kier molecular flexibility index (Phi) is 11.9. The normalized spacial score (nSPS) is 13.4. The Morgan fingerprint density at radius 3 is 1.61 bits per heavy atom. The van der Waals surface area contributed by atoms with Gasteiger partial charge >= 0.3 is 0 Å². The van der Waals surface area contributed by atoms with E-state index in [2.05, 4.69) is 127 Å². The van der Waals surface area contributed by atoms with Crippen molar-refractivity contribution in [1.29, 1.82) is 0 Å². The summed E-state index contributed by atoms with van der Waals surface area (Å²) in [5, 5.41) is 3.07. The maximum absolute atomic E-state index is 7.01. The van der Waals surface area contributed by atoms with E-state index in [1.807, 2.05) is 0 Å². The van der Waals surface area contributed by atoms with Gasteiger partial charge in [0, 0.05) is 6.61 Å². The summed E-state index contributed by atoms with van der Waals surface area (Å²) in [6.07, 6.45) is 11.9. The van der Waals surface area contributed by atoms with E-state index in [1.54, 1.807) is 0 Å². The highest BCUT2D eigenvalue weighted by molar-refractivity contribution is 6.99. The molecule has 0 atom stereocenters. The summed E-state index contributed by atoms with van der Waals surface area (Å²) in [6.45, 7) is 20.2. The van der Waals surface area contributed by atoms with Crippen LogP contribution < -0.4 is 10.4 Å². The number of hydrogen-bond acceptors (Lipinski definition) is 2. The molecular formula is C32H52O2Si2. The monoisotopic (exact) mass is 524 g/mol. The van der Waals surface area contributed by atoms with E-state index in [0.717, 1.165) is 26.1 Å². The number of unbranched alkanes of at least 4 members (excludes halogenated alkanes) is 5. The predicted molar refractivity (Wildman–Crippen MR) is 164 cm³/mol. The van der Waals surface area contributed by atoms with Crippen molar-refractivity contribution in [1.82, 2.24) is 0 Å². The highest BCUT2D eigenvalue weighted by atomic mass is 28.4. The Morgan fingerprint density at radius 2 is 1.11 bits per heavy atom. The van der Waals surface area contributed by atoms with E-state index in [9.17, 15) is 0 Å². The SMILES string of the molecule is CC(C)(C)[Si](C)(C)OC/C=C/CCCCCCCO[Si](c1ccccc1)(c1ccccc1)C(C)(C)C. The molecule has 2 nitrogen and oxygen atoms in total. The molecule has 0 saturated carbocycles. The van der Waals surface area contributed by atoms with Crippen LogP contribution in [0.4, 0.5) is 0 Å². The number of allylic oxidation sites excluding steroid dienone is 1. The van der Waals surface area contributed by atoms with Crippen LogP contribution in [-0.2, 0) is 8.85 Å². The zero-order chi connectivity index (χ0) is 26.7. The smallest absolute Gasteiger partial charge is 0.261 e. The van der Waals surface area contributed by atoms with Crippen molar-refractivity contribution >= 4 is 27.0 Å². The molecule has 2 aromatic rings. The first kappa shape index (κ1) is 30.8. The van der Waals surface area contributed by atoms with Gasteiger partial charge in [0.25, 0.3) is 8.32 Å². The maximum Gasteiger partial charge on any atom is 0.261 e. The Morgan fingerprint density at radius 1 is 0.611 bits per heavy atom. The summed E-state index contributed by atoms with van der Waals surface area (Å²) in [7, 11) is -4.02. The van der Waals surface area contributed by atoms with Gasteiger partial charge in [-0.05, 0) is 52.8 Å². The molecule has 0 N–H and O–H groups in total. The van der Waals surface area contributed by atoms with Crippen molar-refractivity contribution in [3.63, 3.8) is 0 Å². The Balaban J connectivity index is 1.79. The lowest BCUT2D eigenvalue weighted by atomic mass is 10.1. The predicted octanol–water partition coefficient (Wildman–Crippen LogP) is 8.48. The number of rotatable bonds is 14. The molecule has 0 aliphatic rings. The maximum atomic E-state index is 7.01. The Labute approximate surface area is 224 Å². The molecular weight excluding hydrogens is 473 g/mol. The number of hydrogen-bond donors (Lipinski definition) is 0. The fourth-order valence-corrected chi connectivity index (χ4v) is 10.1. The second-order valence-corrected chi connectivity index (χ2v) is 21.7. The summed E-state index contributed by atoms with van der Waals surface area (Å²) < 4.78 is 13.2. The third-order valence-corrected chi connectivity index (χ3v) is 17.3. The van der Waals surface area contributed by atoms with Crippen LogP contribution >= 0.6 is 0 Å². The third kappa shape index (κ3) is 8.54. The van der Waals surface area contributed by atoms with E-state index < -0.39 is 16.6 Å². The van der Waals surface area contributed by atoms with Crippen molar-refractivity contribution in [3.8, 4) is 0 Å². The van der Waals surface area contributed by atoms with Crippen LogP contribution in [0.1, 0.15) is 80.1 Å². The van der Waals surface area contributed by atoms with Gasteiger partial charge in [-0.2, -0.15) is 0 Å². The van der Waals surface area contributed by atoms with Crippen LogP contribution in [0.3, 0.4) is 0 Å². The average molecular weight is 525 g/mol. The lowest BCUT2D eigenvalue weighted by Gasteiger charge is -2.43. The summed E-state index contributed by atoms with van der Waals surface area (Å²) >= 11 is 0. The molecule has 200 valence electrons. The molecule has 0 aromatic heterocycles. The average Bonchev–Trinajstić information content (AvgIpc) is 2.82. The van der Waals surface area contributed by atoms with Crippen molar-refractivity contribution in [2.24, 2.45) is 0 Å². The molecule has 36 heavy (non-hydrogen) atoms. The van der Waals surface area contributed by atoms with Crippen LogP contribution in [-0.4, -0.2) is 29.8 Å². The van der Waals surface area contributed by atoms with E-state index in [1.165, 1.54) is 36.1 Å². The van der Waals surface area contributed by atoms with Crippen molar-refractivity contribution in [2.45, 2.75) is 103 Å². The lowest BCUT2D eigenvalue weighted by Crippen LogP contribution is -2.66. The molecule has 0 radical (unpaired) electrons. The number of benzene rings is 2. The van der Waals surface area contributed by atoms with Crippen molar-refractivity contribution < 1.29 is 8.85 Å². The van der Waals surface area contributed by atoms with Crippen molar-refractivity contribution in [3.05, 3.63) is 72.8 Å². The molecule has 0 aliphatic carbocycles. The van der Waals surface area contributed by atoms with Gasteiger partial charge in [0.2, 0.25) is 0 Å². The molecule has 0 spiro atoms. The van der Waals surface area contributed by atoms with Crippen LogP contribution in [0.5, 0.6) is 0 Å². The summed E-state index contributed by atoms with van der Waals surface area (Å²) in [4.78, 5) is 0. The van der Waals surface area contributed by atoms with Crippen LogP contribution in [0, 0.1) is 0 Å². The van der Waals surface area contributed by atoms with Crippen LogP contribution in [0.15, 0.2) is 72.8 Å². The van der Waals surface area contributed by atoms with Crippen molar-refractivity contribution in [2.75, 3.05) is 13.2 Å². The Bertz CT molecular complexity index is 854. The third-order valence-electron chi connectivity index (χ3n) is 7.76. The minimum Gasteiger partial charge on any atom is -0.413 e. The molecule has 0 amide bonds. The first-order chi connectivity index (χ1) is 16.9. The zero-order valence-electron chi connectivity index (χ0n) is 24.4. The zero-order valence-corrected chi connectivity index (χ0v) is 26.4. The van der Waals surface area contributed by atoms with Crippen LogP contribution in [0.25, 0.3) is 0 Å². The van der Waals surface area contributed by atoms with E-state index in [0.29, 0.717) is 0 Å². The fourth-order valence-electron chi connectivity index (χ4n) is 4.54. The second kappa shape index (κ2) is 13.9. The van der Waals surface area contributed by atoms with Gasteiger partial charge in [0.1, 0.15) is 0 Å². The topological polar surface area (TPSA) is 18.5 Å². The molecule has 4 heteroatoms. The quantitative estimate of drug-likeness (QED) is 0.140. The summed E-state index contributed by atoms with van der Waals surface area (Å²) in [5.74, 6) is 0. The summed E-state index contributed by atoms with van der Waals surface area (Å²) in [5.41, 5.74) is 0. The molecule has 2 aromatic carbocycles. The lowest BCUT2D eigenvalue weighted by molar-refractivity contribution is 0.286. The molecule has 0 unspecified atom stereocenters. The van der Waals surface area contributed by atoms with Gasteiger partial charge in [-0.3, -0.25) is 0 Å². The van der Waals surface area contributed by atoms with Gasteiger partial charge in [-0.1, -0.05) is 134 Å². The van der Waals surface area contributed by atoms with E-state index in [4.69, 9.17) is 8.85 Å². The Hall–Kier alpha value is -1.47. The molecule has 0 fully saturated rings. The standard InChI is InChI=1S/C32H52O2Si2/c1-31(2,3)35(7,8)33-27-21-13-11-9-10-12-14-22-28-34-36(32(4,5)6,29-23-17-15-18-24-29)30-25-19-16-20-26-30/h13,15-21,23-26H,9-12,14,22,27-28H2,1-8H3/b21-13+. The van der Waals surface area contributed by atoms with Gasteiger partial charge in [-0.15, -0.1) is 0 Å². The first-order valence-corrected chi connectivity index (χ1v) is 18.8. The molecule has 0 heterocycles. The highest BCUT2D eigenvalue weighted by Crippen LogP contribution is 2.37. The molecule has 0 saturated heterocycles. The minimum atomic E-state index is -2.39. The second-order valence-electron chi connectivity index (χ2n) is 12.6. The fraction of sp³-hybridized carbons (Fsp3) is 0.562. The first-order valence-electron chi connectivity index (χ1n) is 14.0. The molecule has 0 aliphatic heterocycles. The minimum absolute atomic E-state index is 0.0519. The van der Waals surface area contributed by atoms with Gasteiger partial charge in [0.05, 0.1) is 6.61 Å². The molecule has 2 rings (SSSR count). The highest BCUT2D eigenvalue weighted by Gasteiger charge is 2.49. The van der Waals surface area contributed by atoms with Gasteiger partial charge < -0.3 is 8.85 Å². The van der Waals surface area contributed by atoms with Gasteiger partial charge in [0.15, 0.2) is 8.32 Å². The van der Waals surface area contributed by atoms with E-state index >= 15 is 0 Å². The van der Waals surface area contributed by atoms with Crippen LogP contribution in [0.2, 0.25) is 23.2 Å².